The number of hydrogen-bond donors (Lipinski definition) is 2. The smallest absolute Gasteiger partial charge is 0.238 e. The van der Waals surface area contributed by atoms with Crippen molar-refractivity contribution in [3.05, 3.63) is 18.0 Å². The second-order valence-electron chi connectivity index (χ2n) is 5.77. The maximum atomic E-state index is 12.1. The van der Waals surface area contributed by atoms with Gasteiger partial charge in [0.2, 0.25) is 11.8 Å². The number of pyridine rings is 1. The van der Waals surface area contributed by atoms with Gasteiger partial charge in [-0.1, -0.05) is 6.92 Å². The fraction of sp³-hybridized carbons (Fsp3) is 0.562. The predicted molar refractivity (Wildman–Crippen MR) is 86.8 cm³/mol. The minimum absolute atomic E-state index is 0.0489. The summed E-state index contributed by atoms with van der Waals surface area (Å²) in [4.78, 5) is 30.0. The molecule has 1 aliphatic heterocycles. The van der Waals surface area contributed by atoms with Crippen molar-refractivity contribution in [1.29, 1.82) is 0 Å². The van der Waals surface area contributed by atoms with Crippen molar-refractivity contribution in [1.82, 2.24) is 9.88 Å². The van der Waals surface area contributed by atoms with Crippen LogP contribution in [0.15, 0.2) is 12.3 Å². The number of aryl methyl sites for hydroxylation is 1. The van der Waals surface area contributed by atoms with Crippen LogP contribution in [0.5, 0.6) is 0 Å². The average Bonchev–Trinajstić information content (AvgIpc) is 2.87. The summed E-state index contributed by atoms with van der Waals surface area (Å²) in [6.07, 6.45) is 4.31. The normalized spacial score (nSPS) is 18.2. The number of carbonyl (C=O) groups excluding carboxylic acids is 2. The zero-order chi connectivity index (χ0) is 16.1. The van der Waals surface area contributed by atoms with Crippen LogP contribution in [0.2, 0.25) is 0 Å². The van der Waals surface area contributed by atoms with Crippen molar-refractivity contribution in [2.24, 2.45) is 0 Å². The predicted octanol–water partition coefficient (Wildman–Crippen LogP) is 2.16. The number of carbonyl (C=O) groups is 2. The molecule has 2 N–H and O–H groups in total. The number of amides is 2. The van der Waals surface area contributed by atoms with E-state index in [0.29, 0.717) is 30.4 Å². The Balaban J connectivity index is 1.98. The van der Waals surface area contributed by atoms with Gasteiger partial charge >= 0.3 is 0 Å². The SMILES string of the molecule is CCC(=O)Nc1cc(NC(=O)CN2CCCC2C)cnc1C. The van der Waals surface area contributed by atoms with Crippen molar-refractivity contribution in [2.45, 2.75) is 46.1 Å². The summed E-state index contributed by atoms with van der Waals surface area (Å²) in [5, 5.41) is 5.64. The third-order valence-corrected chi connectivity index (χ3v) is 4.00. The number of nitrogens with zero attached hydrogens (tertiary/aromatic N) is 2. The number of anilines is 2. The molecule has 0 aliphatic carbocycles. The maximum absolute atomic E-state index is 12.1. The molecule has 0 saturated carbocycles. The lowest BCUT2D eigenvalue weighted by Gasteiger charge is -2.20. The number of likely N-dealkylation sites (tertiary alicyclic amines) is 1. The van der Waals surface area contributed by atoms with Gasteiger partial charge in [-0.25, -0.2) is 0 Å². The van der Waals surface area contributed by atoms with E-state index in [-0.39, 0.29) is 11.8 Å². The monoisotopic (exact) mass is 304 g/mol. The van der Waals surface area contributed by atoms with Crippen LogP contribution in [0.3, 0.4) is 0 Å². The number of rotatable bonds is 5. The van der Waals surface area contributed by atoms with Crippen LogP contribution in [0.4, 0.5) is 11.4 Å². The molecule has 1 unspecified atom stereocenters. The van der Waals surface area contributed by atoms with Crippen molar-refractivity contribution < 1.29 is 9.59 Å². The summed E-state index contributed by atoms with van der Waals surface area (Å²) in [6.45, 7) is 7.13. The van der Waals surface area contributed by atoms with Crippen LogP contribution >= 0.6 is 0 Å². The number of nitrogens with one attached hydrogen (secondary N) is 2. The quantitative estimate of drug-likeness (QED) is 0.874. The summed E-state index contributed by atoms with van der Waals surface area (Å²) >= 11 is 0. The first kappa shape index (κ1) is 16.4. The standard InChI is InChI=1S/C16H24N4O2/c1-4-15(21)19-14-8-13(9-17-12(14)3)18-16(22)10-20-7-5-6-11(20)2/h8-9,11H,4-7,10H2,1-3H3,(H,18,22)(H,19,21). The van der Waals surface area contributed by atoms with Gasteiger partial charge in [-0.15, -0.1) is 0 Å². The molecule has 2 heterocycles. The zero-order valence-electron chi connectivity index (χ0n) is 13.5. The van der Waals surface area contributed by atoms with Crippen LogP contribution in [-0.2, 0) is 9.59 Å². The van der Waals surface area contributed by atoms with Gasteiger partial charge in [-0.2, -0.15) is 0 Å². The fourth-order valence-corrected chi connectivity index (χ4v) is 2.58. The topological polar surface area (TPSA) is 74.3 Å². The summed E-state index contributed by atoms with van der Waals surface area (Å²) in [5.41, 5.74) is 1.97. The third kappa shape index (κ3) is 4.27. The lowest BCUT2D eigenvalue weighted by molar-refractivity contribution is -0.117. The molecular weight excluding hydrogens is 280 g/mol. The molecule has 6 heteroatoms. The molecule has 1 aliphatic rings. The molecule has 6 nitrogen and oxygen atoms in total. The molecule has 1 atom stereocenters. The Hall–Kier alpha value is -1.95. The zero-order valence-corrected chi connectivity index (χ0v) is 13.5. The first-order valence-electron chi connectivity index (χ1n) is 7.80. The Labute approximate surface area is 131 Å². The molecule has 1 fully saturated rings. The van der Waals surface area contributed by atoms with Gasteiger partial charge < -0.3 is 10.6 Å². The summed E-state index contributed by atoms with van der Waals surface area (Å²) in [5.74, 6) is -0.119. The van der Waals surface area contributed by atoms with Gasteiger partial charge in [0.05, 0.1) is 29.8 Å². The second kappa shape index (κ2) is 7.35. The van der Waals surface area contributed by atoms with Gasteiger partial charge in [0, 0.05) is 12.5 Å². The van der Waals surface area contributed by atoms with Crippen molar-refractivity contribution in [3.8, 4) is 0 Å². The highest BCUT2D eigenvalue weighted by Crippen LogP contribution is 2.19. The Morgan fingerprint density at radius 2 is 2.14 bits per heavy atom. The van der Waals surface area contributed by atoms with E-state index in [9.17, 15) is 9.59 Å². The summed E-state index contributed by atoms with van der Waals surface area (Å²) in [7, 11) is 0. The van der Waals surface area contributed by atoms with E-state index < -0.39 is 0 Å². The van der Waals surface area contributed by atoms with E-state index in [1.165, 1.54) is 0 Å². The van der Waals surface area contributed by atoms with Crippen molar-refractivity contribution in [2.75, 3.05) is 23.7 Å². The highest BCUT2D eigenvalue weighted by Gasteiger charge is 2.22. The minimum Gasteiger partial charge on any atom is -0.324 e. The molecule has 0 radical (unpaired) electrons. The minimum atomic E-state index is -0.0701. The van der Waals surface area contributed by atoms with Crippen LogP contribution in [0.25, 0.3) is 0 Å². The molecule has 120 valence electrons. The molecule has 1 aromatic heterocycles. The second-order valence-corrected chi connectivity index (χ2v) is 5.77. The highest BCUT2D eigenvalue weighted by molar-refractivity contribution is 5.94. The molecule has 0 spiro atoms. The Morgan fingerprint density at radius 1 is 1.36 bits per heavy atom. The van der Waals surface area contributed by atoms with Crippen LogP contribution in [0.1, 0.15) is 38.8 Å². The molecule has 2 amide bonds. The van der Waals surface area contributed by atoms with Gasteiger partial charge in [-0.3, -0.25) is 19.5 Å². The largest absolute Gasteiger partial charge is 0.324 e. The first-order chi connectivity index (χ1) is 10.5. The molecule has 22 heavy (non-hydrogen) atoms. The van der Waals surface area contributed by atoms with Gasteiger partial charge in [-0.05, 0) is 39.3 Å². The molecule has 1 saturated heterocycles. The lowest BCUT2D eigenvalue weighted by atomic mass is 10.2. The van der Waals surface area contributed by atoms with Crippen molar-refractivity contribution >= 4 is 23.2 Å². The molecule has 2 rings (SSSR count). The average molecular weight is 304 g/mol. The van der Waals surface area contributed by atoms with Crippen LogP contribution in [0, 0.1) is 6.92 Å². The van der Waals surface area contributed by atoms with Gasteiger partial charge in [0.25, 0.3) is 0 Å². The van der Waals surface area contributed by atoms with E-state index in [0.717, 1.165) is 25.1 Å². The Morgan fingerprint density at radius 3 is 2.77 bits per heavy atom. The first-order valence-corrected chi connectivity index (χ1v) is 7.80. The molecule has 0 bridgehead atoms. The van der Waals surface area contributed by atoms with E-state index in [2.05, 4.69) is 27.4 Å². The van der Waals surface area contributed by atoms with Crippen LogP contribution < -0.4 is 10.6 Å². The lowest BCUT2D eigenvalue weighted by Crippen LogP contribution is -2.35. The molecular formula is C16H24N4O2. The van der Waals surface area contributed by atoms with Gasteiger partial charge in [0.1, 0.15) is 0 Å². The van der Waals surface area contributed by atoms with E-state index in [1.807, 2.05) is 6.92 Å². The Kier molecular flexibility index (Phi) is 5.49. The number of hydrogen-bond acceptors (Lipinski definition) is 4. The summed E-state index contributed by atoms with van der Waals surface area (Å²) < 4.78 is 0. The van der Waals surface area contributed by atoms with E-state index in [4.69, 9.17) is 0 Å². The van der Waals surface area contributed by atoms with E-state index in [1.54, 1.807) is 19.2 Å². The fourth-order valence-electron chi connectivity index (χ4n) is 2.58. The van der Waals surface area contributed by atoms with E-state index >= 15 is 0 Å². The van der Waals surface area contributed by atoms with Crippen LogP contribution in [-0.4, -0.2) is 40.8 Å². The Bertz CT molecular complexity index is 559. The van der Waals surface area contributed by atoms with Gasteiger partial charge in [0.15, 0.2) is 0 Å². The summed E-state index contributed by atoms with van der Waals surface area (Å²) in [6, 6.07) is 2.21. The number of aromatic nitrogens is 1. The third-order valence-electron chi connectivity index (χ3n) is 4.00. The molecule has 0 aromatic carbocycles. The molecule has 1 aromatic rings. The van der Waals surface area contributed by atoms with Crippen molar-refractivity contribution in [3.63, 3.8) is 0 Å². The maximum Gasteiger partial charge on any atom is 0.238 e. The highest BCUT2D eigenvalue weighted by atomic mass is 16.2.